The summed E-state index contributed by atoms with van der Waals surface area (Å²) in [6.07, 6.45) is 1.83. The Morgan fingerprint density at radius 3 is 2.62 bits per heavy atom. The van der Waals surface area contributed by atoms with E-state index in [1.807, 2.05) is 36.2 Å². The van der Waals surface area contributed by atoms with Crippen LogP contribution in [-0.4, -0.2) is 4.98 Å². The van der Waals surface area contributed by atoms with E-state index in [0.717, 1.165) is 16.8 Å². The average Bonchev–Trinajstić information content (AvgIpc) is 2.53. The maximum atomic E-state index is 13.0. The molecule has 0 radical (unpaired) electrons. The van der Waals surface area contributed by atoms with E-state index in [1.54, 1.807) is 0 Å². The molecule has 3 rings (SSSR count). The lowest BCUT2D eigenvalue weighted by Crippen LogP contribution is -1.92. The van der Waals surface area contributed by atoms with Gasteiger partial charge in [-0.2, -0.15) is 0 Å². The van der Waals surface area contributed by atoms with Crippen molar-refractivity contribution in [3.05, 3.63) is 77.7 Å². The van der Waals surface area contributed by atoms with E-state index in [9.17, 15) is 4.39 Å². The third kappa shape index (κ3) is 3.24. The van der Waals surface area contributed by atoms with Crippen molar-refractivity contribution < 1.29 is 4.39 Å². The molecule has 0 spiro atoms. The summed E-state index contributed by atoms with van der Waals surface area (Å²) < 4.78 is 13.0. The first-order valence-corrected chi connectivity index (χ1v) is 7.98. The molecule has 21 heavy (non-hydrogen) atoms. The monoisotopic (exact) mass is 297 g/mol. The zero-order valence-corrected chi connectivity index (χ0v) is 12.6. The van der Waals surface area contributed by atoms with Crippen molar-refractivity contribution in [3.63, 3.8) is 0 Å². The van der Waals surface area contributed by atoms with Gasteiger partial charge in [0.1, 0.15) is 5.82 Å². The lowest BCUT2D eigenvalue weighted by atomic mass is 10.1. The van der Waals surface area contributed by atoms with Gasteiger partial charge in [-0.05, 0) is 36.2 Å². The van der Waals surface area contributed by atoms with Gasteiger partial charge in [0.15, 0.2) is 0 Å². The lowest BCUT2D eigenvalue weighted by molar-refractivity contribution is 0.627. The predicted octanol–water partition coefficient (Wildman–Crippen LogP) is 5.37. The highest BCUT2D eigenvalue weighted by molar-refractivity contribution is 7.98. The first-order chi connectivity index (χ1) is 10.2. The molecule has 3 aromatic rings. The molecule has 3 heteroatoms. The summed E-state index contributed by atoms with van der Waals surface area (Å²) in [6.45, 7) is 2.15. The van der Waals surface area contributed by atoms with Crippen LogP contribution in [0.1, 0.15) is 23.3 Å². The fourth-order valence-corrected chi connectivity index (χ4v) is 3.34. The highest BCUT2D eigenvalue weighted by Crippen LogP contribution is 2.32. The molecule has 0 N–H and O–H groups in total. The fraction of sp³-hybridized carbons (Fsp3) is 0.167. The van der Waals surface area contributed by atoms with Gasteiger partial charge in [0.2, 0.25) is 0 Å². The second kappa shape index (κ2) is 6.27. The molecule has 1 nitrogen and oxygen atoms in total. The van der Waals surface area contributed by atoms with Crippen LogP contribution in [0.15, 0.2) is 60.8 Å². The SMILES string of the molecule is CC(SCc1cccc2cccnc12)c1ccc(F)cc1. The summed E-state index contributed by atoms with van der Waals surface area (Å²) in [5.74, 6) is 0.710. The Balaban J connectivity index is 1.76. The Morgan fingerprint density at radius 2 is 1.81 bits per heavy atom. The van der Waals surface area contributed by atoms with Crippen LogP contribution in [0.25, 0.3) is 10.9 Å². The molecule has 2 aromatic carbocycles. The molecule has 1 atom stereocenters. The number of hydrogen-bond donors (Lipinski definition) is 0. The molecule has 0 saturated heterocycles. The van der Waals surface area contributed by atoms with Gasteiger partial charge >= 0.3 is 0 Å². The van der Waals surface area contributed by atoms with Gasteiger partial charge in [-0.1, -0.05) is 36.4 Å². The third-order valence-corrected chi connectivity index (χ3v) is 4.79. The standard InChI is InChI=1S/C18H16FNS/c1-13(14-7-9-17(19)10-8-14)21-12-16-5-2-4-15-6-3-11-20-18(15)16/h2-11,13H,12H2,1H3. The molecular formula is C18H16FNS. The quantitative estimate of drug-likeness (QED) is 0.642. The van der Waals surface area contributed by atoms with Gasteiger partial charge < -0.3 is 0 Å². The molecule has 0 aliphatic carbocycles. The molecular weight excluding hydrogens is 281 g/mol. The second-order valence-electron chi connectivity index (χ2n) is 5.00. The summed E-state index contributed by atoms with van der Waals surface area (Å²) in [7, 11) is 0. The second-order valence-corrected chi connectivity index (χ2v) is 6.33. The molecule has 1 heterocycles. The Hall–Kier alpha value is -1.87. The van der Waals surface area contributed by atoms with Crippen LogP contribution in [0.5, 0.6) is 0 Å². The molecule has 0 saturated carbocycles. The maximum Gasteiger partial charge on any atom is 0.123 e. The Morgan fingerprint density at radius 1 is 1.05 bits per heavy atom. The number of nitrogens with zero attached hydrogens (tertiary/aromatic N) is 1. The predicted molar refractivity (Wildman–Crippen MR) is 87.9 cm³/mol. The van der Waals surface area contributed by atoms with Crippen molar-refractivity contribution in [2.45, 2.75) is 17.9 Å². The fourth-order valence-electron chi connectivity index (χ4n) is 2.33. The number of halogens is 1. The molecule has 0 aliphatic heterocycles. The number of hydrogen-bond acceptors (Lipinski definition) is 2. The zero-order valence-electron chi connectivity index (χ0n) is 11.8. The van der Waals surface area contributed by atoms with Crippen LogP contribution in [-0.2, 0) is 5.75 Å². The minimum atomic E-state index is -0.186. The number of aromatic nitrogens is 1. The summed E-state index contributed by atoms with van der Waals surface area (Å²) in [4.78, 5) is 4.48. The minimum absolute atomic E-state index is 0.186. The van der Waals surface area contributed by atoms with Gasteiger partial charge in [-0.3, -0.25) is 4.98 Å². The summed E-state index contributed by atoms with van der Waals surface area (Å²) in [6, 6.07) is 17.1. The van der Waals surface area contributed by atoms with Crippen LogP contribution in [0.4, 0.5) is 4.39 Å². The zero-order chi connectivity index (χ0) is 14.7. The number of benzene rings is 2. The Bertz CT molecular complexity index is 734. The van der Waals surface area contributed by atoms with Gasteiger partial charge in [0.05, 0.1) is 5.52 Å². The molecule has 0 bridgehead atoms. The van der Waals surface area contributed by atoms with Crippen LogP contribution in [0.3, 0.4) is 0 Å². The van der Waals surface area contributed by atoms with Gasteiger partial charge in [-0.25, -0.2) is 4.39 Å². The number of pyridine rings is 1. The maximum absolute atomic E-state index is 13.0. The third-order valence-electron chi connectivity index (χ3n) is 3.54. The topological polar surface area (TPSA) is 12.9 Å². The van der Waals surface area contributed by atoms with Crippen LogP contribution >= 0.6 is 11.8 Å². The summed E-state index contributed by atoms with van der Waals surface area (Å²) >= 11 is 1.84. The Kier molecular flexibility index (Phi) is 4.20. The van der Waals surface area contributed by atoms with E-state index < -0.39 is 0 Å². The van der Waals surface area contributed by atoms with Crippen molar-refractivity contribution in [1.82, 2.24) is 4.98 Å². The highest BCUT2D eigenvalue weighted by Gasteiger charge is 2.08. The van der Waals surface area contributed by atoms with E-state index in [1.165, 1.54) is 23.1 Å². The molecule has 106 valence electrons. The number of rotatable bonds is 4. The van der Waals surface area contributed by atoms with Crippen LogP contribution in [0.2, 0.25) is 0 Å². The van der Waals surface area contributed by atoms with E-state index in [2.05, 4.69) is 36.2 Å². The number of para-hydroxylation sites is 1. The van der Waals surface area contributed by atoms with Gasteiger partial charge in [0.25, 0.3) is 0 Å². The molecule has 0 fully saturated rings. The molecule has 0 amide bonds. The minimum Gasteiger partial charge on any atom is -0.256 e. The first kappa shape index (κ1) is 14.1. The smallest absolute Gasteiger partial charge is 0.123 e. The van der Waals surface area contributed by atoms with E-state index >= 15 is 0 Å². The van der Waals surface area contributed by atoms with E-state index in [4.69, 9.17) is 0 Å². The van der Waals surface area contributed by atoms with Crippen molar-refractivity contribution in [2.24, 2.45) is 0 Å². The summed E-state index contributed by atoms with van der Waals surface area (Å²) in [5.41, 5.74) is 3.46. The normalized spacial score (nSPS) is 12.5. The van der Waals surface area contributed by atoms with Gasteiger partial charge in [0, 0.05) is 22.6 Å². The van der Waals surface area contributed by atoms with Crippen LogP contribution in [0, 0.1) is 5.82 Å². The Labute approximate surface area is 128 Å². The highest BCUT2D eigenvalue weighted by atomic mass is 32.2. The summed E-state index contributed by atoms with van der Waals surface area (Å²) in [5, 5.41) is 1.50. The van der Waals surface area contributed by atoms with E-state index in [-0.39, 0.29) is 5.82 Å². The largest absolute Gasteiger partial charge is 0.256 e. The first-order valence-electron chi connectivity index (χ1n) is 6.94. The molecule has 1 unspecified atom stereocenters. The number of fused-ring (bicyclic) bond motifs is 1. The average molecular weight is 297 g/mol. The molecule has 1 aromatic heterocycles. The lowest BCUT2D eigenvalue weighted by Gasteiger charge is -2.12. The van der Waals surface area contributed by atoms with Gasteiger partial charge in [-0.15, -0.1) is 11.8 Å². The van der Waals surface area contributed by atoms with Crippen LogP contribution < -0.4 is 0 Å². The van der Waals surface area contributed by atoms with Crippen molar-refractivity contribution in [3.8, 4) is 0 Å². The van der Waals surface area contributed by atoms with Crippen molar-refractivity contribution in [2.75, 3.05) is 0 Å². The van der Waals surface area contributed by atoms with Crippen molar-refractivity contribution in [1.29, 1.82) is 0 Å². The van der Waals surface area contributed by atoms with Crippen molar-refractivity contribution >= 4 is 22.7 Å². The van der Waals surface area contributed by atoms with E-state index in [0.29, 0.717) is 5.25 Å². The number of thioether (sulfide) groups is 1. The molecule has 0 aliphatic rings.